The van der Waals surface area contributed by atoms with Gasteiger partial charge < -0.3 is 9.15 Å². The van der Waals surface area contributed by atoms with Gasteiger partial charge in [0.2, 0.25) is 0 Å². The molecule has 2 rings (SSSR count). The van der Waals surface area contributed by atoms with Gasteiger partial charge in [-0.2, -0.15) is 0 Å². The molecule has 0 atom stereocenters. The topological polar surface area (TPSA) is 52.3 Å². The summed E-state index contributed by atoms with van der Waals surface area (Å²) >= 11 is 0. The van der Waals surface area contributed by atoms with Crippen LogP contribution in [0.3, 0.4) is 0 Å². The maximum atomic E-state index is 11.7. The lowest BCUT2D eigenvalue weighted by Crippen LogP contribution is -1.93. The lowest BCUT2D eigenvalue weighted by Gasteiger charge is -2.02. The minimum atomic E-state index is -0.128. The van der Waals surface area contributed by atoms with Gasteiger partial charge in [0.05, 0.1) is 7.11 Å². The zero-order chi connectivity index (χ0) is 14.0. The van der Waals surface area contributed by atoms with Crippen molar-refractivity contribution in [1.29, 1.82) is 0 Å². The molecule has 4 nitrogen and oxygen atoms in total. The Kier molecular flexibility index (Phi) is 3.69. The zero-order valence-corrected chi connectivity index (χ0v) is 11.6. The minimum Gasteiger partial charge on any atom is -0.497 e. The third-order valence-corrected chi connectivity index (χ3v) is 2.80. The fourth-order valence-corrected chi connectivity index (χ4v) is 1.79. The molecule has 0 N–H and O–H groups in total. The van der Waals surface area contributed by atoms with E-state index in [1.807, 2.05) is 38.1 Å². The Morgan fingerprint density at radius 2 is 2.11 bits per heavy atom. The number of carbonyl (C=O) groups is 1. The molecule has 0 saturated heterocycles. The first-order valence-corrected chi connectivity index (χ1v) is 6.19. The molecule has 0 saturated carbocycles. The van der Waals surface area contributed by atoms with Gasteiger partial charge in [-0.3, -0.25) is 4.79 Å². The van der Waals surface area contributed by atoms with E-state index in [-0.39, 0.29) is 11.7 Å². The molecule has 0 bridgehead atoms. The van der Waals surface area contributed by atoms with Crippen molar-refractivity contribution in [2.75, 3.05) is 7.11 Å². The molecule has 0 aliphatic rings. The van der Waals surface area contributed by atoms with E-state index in [0.29, 0.717) is 17.3 Å². The summed E-state index contributed by atoms with van der Waals surface area (Å²) in [4.78, 5) is 16.1. The van der Waals surface area contributed by atoms with Gasteiger partial charge in [-0.25, -0.2) is 4.98 Å². The van der Waals surface area contributed by atoms with Crippen molar-refractivity contribution < 1.29 is 13.9 Å². The number of ether oxygens (including phenoxy) is 1. The van der Waals surface area contributed by atoms with E-state index in [1.54, 1.807) is 7.11 Å². The van der Waals surface area contributed by atoms with Crippen LogP contribution in [-0.4, -0.2) is 17.9 Å². The Morgan fingerprint density at radius 1 is 1.37 bits per heavy atom. The van der Waals surface area contributed by atoms with Crippen LogP contribution in [0.1, 0.15) is 43.1 Å². The van der Waals surface area contributed by atoms with Crippen LogP contribution in [0.15, 0.2) is 28.7 Å². The van der Waals surface area contributed by atoms with Crippen LogP contribution in [0, 0.1) is 0 Å². The van der Waals surface area contributed by atoms with E-state index in [2.05, 4.69) is 4.98 Å². The van der Waals surface area contributed by atoms with Crippen LogP contribution in [0.4, 0.5) is 0 Å². The lowest BCUT2D eigenvalue weighted by molar-refractivity contribution is 0.0986. The number of methoxy groups -OCH3 is 1. The normalized spacial score (nSPS) is 10.8. The first-order chi connectivity index (χ1) is 9.02. The molecule has 1 heterocycles. The molecule has 19 heavy (non-hydrogen) atoms. The Morgan fingerprint density at radius 3 is 2.68 bits per heavy atom. The van der Waals surface area contributed by atoms with Crippen LogP contribution in [-0.2, 0) is 0 Å². The van der Waals surface area contributed by atoms with Gasteiger partial charge in [-0.15, -0.1) is 0 Å². The third kappa shape index (κ3) is 2.67. The monoisotopic (exact) mass is 259 g/mol. The van der Waals surface area contributed by atoms with E-state index in [1.165, 1.54) is 6.92 Å². The minimum absolute atomic E-state index is 0.128. The fourth-order valence-electron chi connectivity index (χ4n) is 1.79. The summed E-state index contributed by atoms with van der Waals surface area (Å²) in [5.41, 5.74) is 1.40. The molecule has 100 valence electrons. The van der Waals surface area contributed by atoms with Crippen molar-refractivity contribution >= 4 is 5.78 Å². The molecule has 4 heteroatoms. The number of Topliss-reactive ketones (excluding diaryl/α,β-unsaturated/α-hetero) is 1. The predicted octanol–water partition coefficient (Wildman–Crippen LogP) is 3.68. The van der Waals surface area contributed by atoms with E-state index in [9.17, 15) is 4.79 Å². The van der Waals surface area contributed by atoms with Crippen molar-refractivity contribution in [2.45, 2.75) is 26.7 Å². The molecule has 1 aromatic carbocycles. The number of hydrogen-bond acceptors (Lipinski definition) is 4. The van der Waals surface area contributed by atoms with Crippen molar-refractivity contribution in [3.8, 4) is 17.0 Å². The van der Waals surface area contributed by atoms with Crippen molar-refractivity contribution in [2.24, 2.45) is 0 Å². The summed E-state index contributed by atoms with van der Waals surface area (Å²) in [6.07, 6.45) is 0. The molecule has 0 unspecified atom stereocenters. The number of carbonyl (C=O) groups excluding carboxylic acids is 1. The molecule has 0 fully saturated rings. The number of rotatable bonds is 4. The van der Waals surface area contributed by atoms with Crippen molar-refractivity contribution in [3.63, 3.8) is 0 Å². The van der Waals surface area contributed by atoms with Crippen LogP contribution >= 0.6 is 0 Å². The molecule has 0 radical (unpaired) electrons. The molecular weight excluding hydrogens is 242 g/mol. The second-order valence-electron chi connectivity index (χ2n) is 4.67. The highest BCUT2D eigenvalue weighted by molar-refractivity contribution is 5.97. The van der Waals surface area contributed by atoms with Gasteiger partial charge in [-0.1, -0.05) is 26.0 Å². The summed E-state index contributed by atoms with van der Waals surface area (Å²) in [7, 11) is 1.60. The Labute approximate surface area is 112 Å². The van der Waals surface area contributed by atoms with Gasteiger partial charge in [-0.05, 0) is 12.1 Å². The van der Waals surface area contributed by atoms with Gasteiger partial charge in [0.15, 0.2) is 17.4 Å². The lowest BCUT2D eigenvalue weighted by atomic mass is 10.1. The molecule has 0 amide bonds. The number of oxazole rings is 1. The molecule has 2 aromatic rings. The highest BCUT2D eigenvalue weighted by atomic mass is 16.5. The Bertz CT molecular complexity index is 599. The van der Waals surface area contributed by atoms with E-state index >= 15 is 0 Å². The maximum absolute atomic E-state index is 11.7. The standard InChI is InChI=1S/C15H17NO3/c1-9(2)15-16-13(14(19-15)10(3)17)11-6-5-7-12(8-11)18-4/h5-9H,1-4H3. The molecule has 0 spiro atoms. The van der Waals surface area contributed by atoms with Gasteiger partial charge in [0.25, 0.3) is 0 Å². The Balaban J connectivity index is 2.56. The predicted molar refractivity (Wildman–Crippen MR) is 72.6 cm³/mol. The molecule has 0 aliphatic carbocycles. The number of nitrogens with zero attached hydrogens (tertiary/aromatic N) is 1. The number of hydrogen-bond donors (Lipinski definition) is 0. The number of aromatic nitrogens is 1. The molecule has 0 aliphatic heterocycles. The Hall–Kier alpha value is -2.10. The summed E-state index contributed by atoms with van der Waals surface area (Å²) in [6.45, 7) is 5.44. The highest BCUT2D eigenvalue weighted by Gasteiger charge is 2.20. The van der Waals surface area contributed by atoms with E-state index in [4.69, 9.17) is 9.15 Å². The van der Waals surface area contributed by atoms with Crippen LogP contribution in [0.5, 0.6) is 5.75 Å². The first kappa shape index (κ1) is 13.3. The first-order valence-electron chi connectivity index (χ1n) is 6.19. The van der Waals surface area contributed by atoms with Crippen LogP contribution in [0.25, 0.3) is 11.3 Å². The van der Waals surface area contributed by atoms with E-state index < -0.39 is 0 Å². The fraction of sp³-hybridized carbons (Fsp3) is 0.333. The summed E-state index contributed by atoms with van der Waals surface area (Å²) in [5, 5.41) is 0. The molecular formula is C15H17NO3. The van der Waals surface area contributed by atoms with Gasteiger partial charge >= 0.3 is 0 Å². The zero-order valence-electron chi connectivity index (χ0n) is 11.6. The quantitative estimate of drug-likeness (QED) is 0.786. The van der Waals surface area contributed by atoms with Crippen LogP contribution < -0.4 is 4.74 Å². The van der Waals surface area contributed by atoms with Gasteiger partial charge in [0, 0.05) is 18.4 Å². The van der Waals surface area contributed by atoms with Crippen LogP contribution in [0.2, 0.25) is 0 Å². The van der Waals surface area contributed by atoms with E-state index in [0.717, 1.165) is 11.3 Å². The largest absolute Gasteiger partial charge is 0.497 e. The summed E-state index contributed by atoms with van der Waals surface area (Å²) < 4.78 is 10.8. The van der Waals surface area contributed by atoms with Gasteiger partial charge in [0.1, 0.15) is 11.4 Å². The second-order valence-corrected chi connectivity index (χ2v) is 4.67. The summed E-state index contributed by atoms with van der Waals surface area (Å²) in [5.74, 6) is 1.61. The SMILES string of the molecule is COc1cccc(-c2nc(C(C)C)oc2C(C)=O)c1. The number of benzene rings is 1. The third-order valence-electron chi connectivity index (χ3n) is 2.80. The average molecular weight is 259 g/mol. The average Bonchev–Trinajstić information content (AvgIpc) is 2.84. The molecule has 1 aromatic heterocycles. The van der Waals surface area contributed by atoms with Crippen molar-refractivity contribution in [1.82, 2.24) is 4.98 Å². The highest BCUT2D eigenvalue weighted by Crippen LogP contribution is 2.29. The summed E-state index contributed by atoms with van der Waals surface area (Å²) in [6, 6.07) is 7.44. The smallest absolute Gasteiger partial charge is 0.198 e. The maximum Gasteiger partial charge on any atom is 0.198 e. The van der Waals surface area contributed by atoms with Crippen molar-refractivity contribution in [3.05, 3.63) is 35.9 Å². The second kappa shape index (κ2) is 5.26. The number of ketones is 1.